The summed E-state index contributed by atoms with van der Waals surface area (Å²) in [5.41, 5.74) is 4.80. The minimum atomic E-state index is -0.511. The van der Waals surface area contributed by atoms with Gasteiger partial charge in [-0.05, 0) is 58.7 Å². The Kier molecular flexibility index (Phi) is 7.32. The van der Waals surface area contributed by atoms with Crippen molar-refractivity contribution in [3.8, 4) is 0 Å². The Bertz CT molecular complexity index is 1150. The standard InChI is InChI=1S/C27H35N5O2/c1-20-23(13-8-15-29-26(33)34-27(2,3)4)25-28-16-14-24(32(25)30-20)22-12-9-17-31(19-22)18-21-10-6-5-7-11-21/h5-8,10-11,13-14,16,22H,9,12,15,17-19H2,1-4H3,(H,29,33). The SMILES string of the molecule is Cc1nn2c(C3CCCN(Cc4ccccc4)C3)ccnc2c1C=CCNC(=O)OC(C)(C)C. The fourth-order valence-corrected chi connectivity index (χ4v) is 4.51. The summed E-state index contributed by atoms with van der Waals surface area (Å²) in [4.78, 5) is 19.0. The summed E-state index contributed by atoms with van der Waals surface area (Å²) in [6.45, 7) is 11.0. The third-order valence-corrected chi connectivity index (χ3v) is 5.99. The van der Waals surface area contributed by atoms with E-state index in [4.69, 9.17) is 9.84 Å². The van der Waals surface area contributed by atoms with Crippen LogP contribution in [0.1, 0.15) is 62.0 Å². The summed E-state index contributed by atoms with van der Waals surface area (Å²) in [7, 11) is 0. The Morgan fingerprint density at radius 3 is 2.79 bits per heavy atom. The number of benzene rings is 1. The molecule has 3 aromatic rings. The topological polar surface area (TPSA) is 71.8 Å². The zero-order valence-corrected chi connectivity index (χ0v) is 20.6. The highest BCUT2D eigenvalue weighted by molar-refractivity contribution is 5.70. The Morgan fingerprint density at radius 1 is 1.24 bits per heavy atom. The van der Waals surface area contributed by atoms with Crippen LogP contribution in [-0.4, -0.2) is 50.8 Å². The zero-order chi connectivity index (χ0) is 24.1. The highest BCUT2D eigenvalue weighted by Gasteiger charge is 2.24. The second kappa shape index (κ2) is 10.4. The molecule has 1 amide bonds. The van der Waals surface area contributed by atoms with Crippen LogP contribution in [0.4, 0.5) is 4.79 Å². The molecular formula is C27H35N5O2. The number of hydrogen-bond acceptors (Lipinski definition) is 5. The minimum absolute atomic E-state index is 0.377. The number of carbonyl (C=O) groups is 1. The Hall–Kier alpha value is -3.19. The number of piperidine rings is 1. The van der Waals surface area contributed by atoms with E-state index in [0.29, 0.717) is 12.5 Å². The third-order valence-electron chi connectivity index (χ3n) is 5.99. The Balaban J connectivity index is 1.47. The van der Waals surface area contributed by atoms with Gasteiger partial charge in [0.15, 0.2) is 5.65 Å². The molecule has 0 spiro atoms. The summed E-state index contributed by atoms with van der Waals surface area (Å²) in [6, 6.07) is 12.8. The summed E-state index contributed by atoms with van der Waals surface area (Å²) >= 11 is 0. The molecule has 4 rings (SSSR count). The predicted octanol–water partition coefficient (Wildman–Crippen LogP) is 4.96. The monoisotopic (exact) mass is 461 g/mol. The van der Waals surface area contributed by atoms with E-state index in [1.165, 1.54) is 17.7 Å². The van der Waals surface area contributed by atoms with Crippen LogP contribution in [0.3, 0.4) is 0 Å². The predicted molar refractivity (Wildman–Crippen MR) is 135 cm³/mol. The first-order chi connectivity index (χ1) is 16.3. The largest absolute Gasteiger partial charge is 0.444 e. The third kappa shape index (κ3) is 6.03. The summed E-state index contributed by atoms with van der Waals surface area (Å²) in [5, 5.41) is 7.59. The number of ether oxygens (including phenoxy) is 1. The molecule has 2 aromatic heterocycles. The first-order valence-electron chi connectivity index (χ1n) is 12.0. The number of nitrogens with zero attached hydrogens (tertiary/aromatic N) is 4. The van der Waals surface area contributed by atoms with Crippen LogP contribution in [0.2, 0.25) is 0 Å². The molecule has 1 N–H and O–H groups in total. The summed E-state index contributed by atoms with van der Waals surface area (Å²) in [5.74, 6) is 0.410. The fourth-order valence-electron chi connectivity index (χ4n) is 4.51. The zero-order valence-electron chi connectivity index (χ0n) is 20.6. The number of rotatable bonds is 6. The van der Waals surface area contributed by atoms with Gasteiger partial charge in [0.1, 0.15) is 5.60 Å². The molecule has 34 heavy (non-hydrogen) atoms. The molecule has 1 saturated heterocycles. The van der Waals surface area contributed by atoms with Gasteiger partial charge in [0, 0.05) is 37.3 Å². The minimum Gasteiger partial charge on any atom is -0.444 e. The molecule has 0 saturated carbocycles. The highest BCUT2D eigenvalue weighted by atomic mass is 16.6. The first-order valence-corrected chi connectivity index (χ1v) is 12.0. The van der Waals surface area contributed by atoms with E-state index in [0.717, 1.165) is 43.0 Å². The van der Waals surface area contributed by atoms with Gasteiger partial charge in [-0.15, -0.1) is 0 Å². The molecule has 180 valence electrons. The van der Waals surface area contributed by atoms with Crippen LogP contribution in [0.15, 0.2) is 48.7 Å². The molecule has 1 unspecified atom stereocenters. The number of fused-ring (bicyclic) bond motifs is 1. The fraction of sp³-hybridized carbons (Fsp3) is 0.444. The second-order valence-corrected chi connectivity index (χ2v) is 9.95. The molecular weight excluding hydrogens is 426 g/mol. The molecule has 1 aliphatic heterocycles. The summed E-state index contributed by atoms with van der Waals surface area (Å²) < 4.78 is 7.29. The maximum absolute atomic E-state index is 11.9. The average molecular weight is 462 g/mol. The second-order valence-electron chi connectivity index (χ2n) is 9.95. The number of amides is 1. The summed E-state index contributed by atoms with van der Waals surface area (Å²) in [6.07, 6.45) is 7.67. The van der Waals surface area contributed by atoms with Gasteiger partial charge in [-0.25, -0.2) is 14.3 Å². The van der Waals surface area contributed by atoms with Gasteiger partial charge >= 0.3 is 6.09 Å². The van der Waals surface area contributed by atoms with Crippen molar-refractivity contribution >= 4 is 17.8 Å². The molecule has 7 nitrogen and oxygen atoms in total. The molecule has 1 fully saturated rings. The molecule has 7 heteroatoms. The number of carbonyl (C=O) groups excluding carboxylic acids is 1. The molecule has 0 aliphatic carbocycles. The molecule has 0 radical (unpaired) electrons. The van der Waals surface area contributed by atoms with Crippen LogP contribution in [0.25, 0.3) is 11.7 Å². The van der Waals surface area contributed by atoms with Gasteiger partial charge in [-0.3, -0.25) is 4.90 Å². The van der Waals surface area contributed by atoms with Crippen molar-refractivity contribution in [2.75, 3.05) is 19.6 Å². The lowest BCUT2D eigenvalue weighted by molar-refractivity contribution is 0.0534. The normalized spacial score (nSPS) is 17.4. The van der Waals surface area contributed by atoms with E-state index in [1.807, 2.05) is 50.6 Å². The van der Waals surface area contributed by atoms with Crippen molar-refractivity contribution in [1.29, 1.82) is 0 Å². The van der Waals surface area contributed by atoms with Crippen molar-refractivity contribution in [3.63, 3.8) is 0 Å². The van der Waals surface area contributed by atoms with Crippen LogP contribution in [-0.2, 0) is 11.3 Å². The van der Waals surface area contributed by atoms with Gasteiger partial charge < -0.3 is 10.1 Å². The lowest BCUT2D eigenvalue weighted by Crippen LogP contribution is -2.34. The van der Waals surface area contributed by atoms with Gasteiger partial charge in [0.05, 0.1) is 11.4 Å². The Labute approximate surface area is 201 Å². The Morgan fingerprint density at radius 2 is 2.03 bits per heavy atom. The number of likely N-dealkylation sites (tertiary alicyclic amines) is 1. The number of nitrogens with one attached hydrogen (secondary N) is 1. The lowest BCUT2D eigenvalue weighted by atomic mass is 9.94. The lowest BCUT2D eigenvalue weighted by Gasteiger charge is -2.33. The smallest absolute Gasteiger partial charge is 0.407 e. The van der Waals surface area contributed by atoms with E-state index < -0.39 is 11.7 Å². The van der Waals surface area contributed by atoms with Gasteiger partial charge in [-0.1, -0.05) is 42.5 Å². The molecule has 1 aromatic carbocycles. The van der Waals surface area contributed by atoms with Crippen molar-refractivity contribution < 1.29 is 9.53 Å². The first kappa shape index (κ1) is 24.0. The van der Waals surface area contributed by atoms with Gasteiger partial charge in [0.25, 0.3) is 0 Å². The number of alkyl carbamates (subject to hydrolysis) is 1. The quantitative estimate of drug-likeness (QED) is 0.562. The van der Waals surface area contributed by atoms with Crippen LogP contribution >= 0.6 is 0 Å². The maximum Gasteiger partial charge on any atom is 0.407 e. The number of aryl methyl sites for hydroxylation is 1. The van der Waals surface area contributed by atoms with Crippen LogP contribution in [0, 0.1) is 6.92 Å². The van der Waals surface area contributed by atoms with E-state index in [-0.39, 0.29) is 0 Å². The van der Waals surface area contributed by atoms with Crippen molar-refractivity contribution in [3.05, 3.63) is 71.2 Å². The molecule has 0 bridgehead atoms. The highest BCUT2D eigenvalue weighted by Crippen LogP contribution is 2.29. The van der Waals surface area contributed by atoms with Crippen molar-refractivity contribution in [2.24, 2.45) is 0 Å². The molecule has 1 atom stereocenters. The van der Waals surface area contributed by atoms with Crippen molar-refractivity contribution in [1.82, 2.24) is 24.8 Å². The molecule has 3 heterocycles. The van der Waals surface area contributed by atoms with E-state index in [2.05, 4.69) is 51.6 Å². The van der Waals surface area contributed by atoms with E-state index >= 15 is 0 Å². The van der Waals surface area contributed by atoms with Crippen LogP contribution < -0.4 is 5.32 Å². The molecule has 1 aliphatic rings. The van der Waals surface area contributed by atoms with E-state index in [1.54, 1.807) is 0 Å². The maximum atomic E-state index is 11.9. The number of aromatic nitrogens is 3. The van der Waals surface area contributed by atoms with Gasteiger partial charge in [-0.2, -0.15) is 5.10 Å². The van der Waals surface area contributed by atoms with E-state index in [9.17, 15) is 4.79 Å². The van der Waals surface area contributed by atoms with Crippen molar-refractivity contribution in [2.45, 2.75) is 58.6 Å². The number of hydrogen-bond donors (Lipinski definition) is 1. The van der Waals surface area contributed by atoms with Gasteiger partial charge in [0.2, 0.25) is 0 Å². The van der Waals surface area contributed by atoms with Crippen LogP contribution in [0.5, 0.6) is 0 Å². The average Bonchev–Trinajstić information content (AvgIpc) is 3.11.